The Kier molecular flexibility index (Phi) is 3.45. The fourth-order valence-corrected chi connectivity index (χ4v) is 2.51. The topological polar surface area (TPSA) is 24.4 Å². The zero-order valence-corrected chi connectivity index (χ0v) is 11.6. The number of hydrogen-bond donors (Lipinski definition) is 1. The minimum Gasteiger partial charge on any atom is -0.309 e. The van der Waals surface area contributed by atoms with Crippen molar-refractivity contribution in [2.75, 3.05) is 6.54 Å². The maximum atomic E-state index is 5.93. The van der Waals surface area contributed by atoms with E-state index in [0.717, 1.165) is 27.9 Å². The van der Waals surface area contributed by atoms with Gasteiger partial charge >= 0.3 is 0 Å². The Balaban J connectivity index is 1.93. The monoisotopic (exact) mass is 290 g/mol. The van der Waals surface area contributed by atoms with Crippen LogP contribution in [-0.2, 0) is 0 Å². The number of halogens is 2. The molecule has 0 saturated carbocycles. The van der Waals surface area contributed by atoms with E-state index >= 15 is 0 Å². The summed E-state index contributed by atoms with van der Waals surface area (Å²) in [5.41, 5.74) is 6.41. The molecule has 1 N–H and O–H groups in total. The Bertz CT molecular complexity index is 603. The van der Waals surface area contributed by atoms with Crippen LogP contribution in [0.2, 0.25) is 10.0 Å². The number of hydrogen-bond acceptors (Lipinski definition) is 2. The van der Waals surface area contributed by atoms with Crippen LogP contribution >= 0.6 is 23.2 Å². The van der Waals surface area contributed by atoms with Crippen LogP contribution in [0.15, 0.2) is 53.6 Å². The molecule has 1 aliphatic rings. The Morgan fingerprint density at radius 2 is 1.47 bits per heavy atom. The third-order valence-corrected chi connectivity index (χ3v) is 3.74. The molecule has 0 bridgehead atoms. The van der Waals surface area contributed by atoms with E-state index in [-0.39, 0.29) is 5.92 Å². The lowest BCUT2D eigenvalue weighted by molar-refractivity contribution is 0.763. The molecule has 0 unspecified atom stereocenters. The van der Waals surface area contributed by atoms with Gasteiger partial charge in [-0.15, -0.1) is 0 Å². The van der Waals surface area contributed by atoms with Crippen LogP contribution in [0, 0.1) is 0 Å². The van der Waals surface area contributed by atoms with E-state index in [9.17, 15) is 0 Å². The van der Waals surface area contributed by atoms with Crippen molar-refractivity contribution in [2.45, 2.75) is 5.92 Å². The third kappa shape index (κ3) is 2.60. The van der Waals surface area contributed by atoms with E-state index < -0.39 is 0 Å². The molecule has 0 aliphatic carbocycles. The summed E-state index contributed by atoms with van der Waals surface area (Å²) in [7, 11) is 0. The highest BCUT2D eigenvalue weighted by molar-refractivity contribution is 6.31. The van der Waals surface area contributed by atoms with Gasteiger partial charge in [-0.2, -0.15) is 5.10 Å². The van der Waals surface area contributed by atoms with Gasteiger partial charge in [-0.1, -0.05) is 47.5 Å². The van der Waals surface area contributed by atoms with Gasteiger partial charge in [0.2, 0.25) is 0 Å². The maximum absolute atomic E-state index is 5.93. The Morgan fingerprint density at radius 1 is 0.895 bits per heavy atom. The second-order valence-corrected chi connectivity index (χ2v) is 5.34. The largest absolute Gasteiger partial charge is 0.309 e. The molecular weight excluding hydrogens is 279 g/mol. The SMILES string of the molecule is Clc1ccc(C2=NNC[C@@H]2c2ccc(Cl)cc2)cc1. The second kappa shape index (κ2) is 5.24. The van der Waals surface area contributed by atoms with Gasteiger partial charge in [0.25, 0.3) is 0 Å². The molecule has 19 heavy (non-hydrogen) atoms. The van der Waals surface area contributed by atoms with Crippen LogP contribution in [0.4, 0.5) is 0 Å². The Hall–Kier alpha value is -1.51. The zero-order chi connectivity index (χ0) is 13.2. The first kappa shape index (κ1) is 12.5. The first-order valence-corrected chi connectivity index (χ1v) is 6.81. The molecule has 2 aromatic rings. The van der Waals surface area contributed by atoms with Crippen LogP contribution in [-0.4, -0.2) is 12.3 Å². The molecular formula is C15H12Cl2N2. The number of benzene rings is 2. The smallest absolute Gasteiger partial charge is 0.0768 e. The molecule has 2 nitrogen and oxygen atoms in total. The number of nitrogens with zero attached hydrogens (tertiary/aromatic N) is 1. The molecule has 1 heterocycles. The molecule has 96 valence electrons. The van der Waals surface area contributed by atoms with Crippen LogP contribution < -0.4 is 5.43 Å². The first-order chi connectivity index (χ1) is 9.24. The second-order valence-electron chi connectivity index (χ2n) is 4.47. The fraction of sp³-hybridized carbons (Fsp3) is 0.133. The lowest BCUT2D eigenvalue weighted by atomic mass is 9.91. The predicted octanol–water partition coefficient (Wildman–Crippen LogP) is 4.08. The van der Waals surface area contributed by atoms with E-state index in [1.54, 1.807) is 0 Å². The molecule has 0 spiro atoms. The van der Waals surface area contributed by atoms with Crippen LogP contribution in [0.25, 0.3) is 0 Å². The van der Waals surface area contributed by atoms with E-state index in [4.69, 9.17) is 23.2 Å². The lowest BCUT2D eigenvalue weighted by Gasteiger charge is -2.12. The quantitative estimate of drug-likeness (QED) is 0.885. The van der Waals surface area contributed by atoms with Gasteiger partial charge in [-0.05, 0) is 35.4 Å². The molecule has 0 amide bonds. The molecule has 0 saturated heterocycles. The van der Waals surface area contributed by atoms with E-state index in [0.29, 0.717) is 0 Å². The maximum Gasteiger partial charge on any atom is 0.0768 e. The van der Waals surface area contributed by atoms with Gasteiger partial charge in [0.05, 0.1) is 5.71 Å². The Morgan fingerprint density at radius 3 is 2.11 bits per heavy atom. The average molecular weight is 291 g/mol. The lowest BCUT2D eigenvalue weighted by Crippen LogP contribution is -2.14. The van der Waals surface area contributed by atoms with E-state index in [2.05, 4.69) is 10.5 Å². The van der Waals surface area contributed by atoms with Gasteiger partial charge in [0, 0.05) is 22.5 Å². The van der Waals surface area contributed by atoms with Crippen molar-refractivity contribution < 1.29 is 0 Å². The molecule has 1 aliphatic heterocycles. The standard InChI is InChI=1S/C15H12Cl2N2/c16-12-5-1-10(2-6-12)14-9-18-19-15(14)11-3-7-13(17)8-4-11/h1-8,14,18H,9H2/t14-/m1/s1. The van der Waals surface area contributed by atoms with Crippen LogP contribution in [0.3, 0.4) is 0 Å². The predicted molar refractivity (Wildman–Crippen MR) is 80.2 cm³/mol. The van der Waals surface area contributed by atoms with E-state index in [1.165, 1.54) is 5.56 Å². The van der Waals surface area contributed by atoms with Crippen LogP contribution in [0.5, 0.6) is 0 Å². The van der Waals surface area contributed by atoms with E-state index in [1.807, 2.05) is 48.5 Å². The van der Waals surface area contributed by atoms with Gasteiger partial charge in [0.1, 0.15) is 0 Å². The summed E-state index contributed by atoms with van der Waals surface area (Å²) in [4.78, 5) is 0. The summed E-state index contributed by atoms with van der Waals surface area (Å²) in [6, 6.07) is 15.7. The van der Waals surface area contributed by atoms with Crippen molar-refractivity contribution in [2.24, 2.45) is 5.10 Å². The van der Waals surface area contributed by atoms with Crippen molar-refractivity contribution >= 4 is 28.9 Å². The van der Waals surface area contributed by atoms with Crippen molar-refractivity contribution in [3.8, 4) is 0 Å². The number of rotatable bonds is 2. The molecule has 1 atom stereocenters. The molecule has 2 aromatic carbocycles. The Labute approximate surface area is 122 Å². The highest BCUT2D eigenvalue weighted by Crippen LogP contribution is 2.26. The highest BCUT2D eigenvalue weighted by atomic mass is 35.5. The van der Waals surface area contributed by atoms with Crippen molar-refractivity contribution in [1.82, 2.24) is 5.43 Å². The molecule has 0 fully saturated rings. The van der Waals surface area contributed by atoms with Gasteiger partial charge in [0.15, 0.2) is 0 Å². The summed E-state index contributed by atoms with van der Waals surface area (Å²) in [5.74, 6) is 0.249. The van der Waals surface area contributed by atoms with Crippen LogP contribution in [0.1, 0.15) is 17.0 Å². The molecule has 0 radical (unpaired) electrons. The summed E-state index contributed by atoms with van der Waals surface area (Å²) in [5, 5.41) is 5.89. The third-order valence-electron chi connectivity index (χ3n) is 3.24. The first-order valence-electron chi connectivity index (χ1n) is 6.06. The minimum atomic E-state index is 0.249. The summed E-state index contributed by atoms with van der Waals surface area (Å²) in [6.45, 7) is 0.805. The molecule has 4 heteroatoms. The highest BCUT2D eigenvalue weighted by Gasteiger charge is 2.24. The van der Waals surface area contributed by atoms with Crippen molar-refractivity contribution in [3.63, 3.8) is 0 Å². The summed E-state index contributed by atoms with van der Waals surface area (Å²) < 4.78 is 0. The fourth-order valence-electron chi connectivity index (χ4n) is 2.25. The molecule has 3 rings (SSSR count). The van der Waals surface area contributed by atoms with Crippen molar-refractivity contribution in [3.05, 3.63) is 69.7 Å². The average Bonchev–Trinajstić information content (AvgIpc) is 2.90. The normalized spacial score (nSPS) is 18.0. The van der Waals surface area contributed by atoms with Gasteiger partial charge in [-0.25, -0.2) is 0 Å². The minimum absolute atomic E-state index is 0.249. The van der Waals surface area contributed by atoms with Crippen molar-refractivity contribution in [1.29, 1.82) is 0 Å². The number of nitrogens with one attached hydrogen (secondary N) is 1. The van der Waals surface area contributed by atoms with Gasteiger partial charge in [-0.3, -0.25) is 0 Å². The summed E-state index contributed by atoms with van der Waals surface area (Å²) in [6.07, 6.45) is 0. The molecule has 0 aromatic heterocycles. The van der Waals surface area contributed by atoms with Gasteiger partial charge < -0.3 is 5.43 Å². The zero-order valence-electron chi connectivity index (χ0n) is 10.1. The summed E-state index contributed by atoms with van der Waals surface area (Å²) >= 11 is 11.8. The number of hydrazone groups is 1.